The number of hydrogen-bond acceptors (Lipinski definition) is 2. The third-order valence-corrected chi connectivity index (χ3v) is 2.11. The first-order valence-electron chi connectivity index (χ1n) is 4.76. The van der Waals surface area contributed by atoms with Crippen LogP contribution in [-0.4, -0.2) is 14.7 Å². The quantitative estimate of drug-likeness (QED) is 0.825. The van der Waals surface area contributed by atoms with E-state index in [0.717, 1.165) is 12.1 Å². The molecule has 0 aliphatic carbocycles. The number of aromatic hydroxyl groups is 1. The first-order chi connectivity index (χ1) is 7.36. The molecule has 0 saturated heterocycles. The van der Waals surface area contributed by atoms with Gasteiger partial charge in [0.05, 0.1) is 6.33 Å². The molecular formula is C12H12N2O. The standard InChI is InChI=1S/C12H12N2O/c15-12-6-2-1-4-11(12)5-3-8-14-9-7-13-10-14/h1-7,9-10,15H,8H2. The van der Waals surface area contributed by atoms with Gasteiger partial charge in [0.2, 0.25) is 0 Å². The number of rotatable bonds is 3. The lowest BCUT2D eigenvalue weighted by atomic mass is 10.2. The van der Waals surface area contributed by atoms with E-state index in [1.165, 1.54) is 0 Å². The number of allylic oxidation sites excluding steroid dienone is 1. The highest BCUT2D eigenvalue weighted by Crippen LogP contribution is 2.16. The molecular weight excluding hydrogens is 188 g/mol. The minimum absolute atomic E-state index is 0.305. The number of phenols is 1. The maximum absolute atomic E-state index is 9.50. The number of hydrogen-bond donors (Lipinski definition) is 1. The third kappa shape index (κ3) is 2.47. The Labute approximate surface area is 88.3 Å². The van der Waals surface area contributed by atoms with Gasteiger partial charge < -0.3 is 9.67 Å². The fourth-order valence-electron chi connectivity index (χ4n) is 1.32. The third-order valence-electron chi connectivity index (χ3n) is 2.11. The average molecular weight is 200 g/mol. The first kappa shape index (κ1) is 9.52. The van der Waals surface area contributed by atoms with Crippen molar-refractivity contribution in [3.63, 3.8) is 0 Å². The van der Waals surface area contributed by atoms with E-state index in [0.29, 0.717) is 5.75 Å². The van der Waals surface area contributed by atoms with Gasteiger partial charge in [0.1, 0.15) is 5.75 Å². The number of benzene rings is 1. The lowest BCUT2D eigenvalue weighted by Crippen LogP contribution is -1.89. The van der Waals surface area contributed by atoms with Crippen molar-refractivity contribution in [2.75, 3.05) is 0 Å². The second-order valence-corrected chi connectivity index (χ2v) is 3.22. The van der Waals surface area contributed by atoms with E-state index in [1.54, 1.807) is 18.6 Å². The molecule has 2 rings (SSSR count). The predicted molar refractivity (Wildman–Crippen MR) is 59.4 cm³/mol. The second-order valence-electron chi connectivity index (χ2n) is 3.22. The molecule has 3 heteroatoms. The van der Waals surface area contributed by atoms with Gasteiger partial charge in [-0.2, -0.15) is 0 Å². The van der Waals surface area contributed by atoms with Crippen molar-refractivity contribution in [3.05, 3.63) is 54.6 Å². The molecule has 15 heavy (non-hydrogen) atoms. The SMILES string of the molecule is Oc1ccccc1C=CCn1ccnc1. The molecule has 0 bridgehead atoms. The van der Waals surface area contributed by atoms with Crippen molar-refractivity contribution in [1.29, 1.82) is 0 Å². The van der Waals surface area contributed by atoms with Crippen LogP contribution in [-0.2, 0) is 6.54 Å². The van der Waals surface area contributed by atoms with Crippen LogP contribution in [0.4, 0.5) is 0 Å². The summed E-state index contributed by atoms with van der Waals surface area (Å²) in [6, 6.07) is 7.26. The molecule has 1 N–H and O–H groups in total. The molecule has 0 unspecified atom stereocenters. The summed E-state index contributed by atoms with van der Waals surface area (Å²) < 4.78 is 1.95. The summed E-state index contributed by atoms with van der Waals surface area (Å²) >= 11 is 0. The van der Waals surface area contributed by atoms with Gasteiger partial charge in [0.15, 0.2) is 0 Å². The van der Waals surface area contributed by atoms with Crippen LogP contribution in [0.3, 0.4) is 0 Å². The molecule has 0 spiro atoms. The van der Waals surface area contributed by atoms with Crippen LogP contribution < -0.4 is 0 Å². The maximum atomic E-state index is 9.50. The Bertz CT molecular complexity index is 446. The van der Waals surface area contributed by atoms with E-state index in [1.807, 2.05) is 41.1 Å². The normalized spacial score (nSPS) is 10.9. The summed E-state index contributed by atoms with van der Waals surface area (Å²) in [4.78, 5) is 3.95. The first-order valence-corrected chi connectivity index (χ1v) is 4.76. The fraction of sp³-hybridized carbons (Fsp3) is 0.0833. The van der Waals surface area contributed by atoms with Gasteiger partial charge in [-0.1, -0.05) is 30.4 Å². The second kappa shape index (κ2) is 4.46. The minimum atomic E-state index is 0.305. The summed E-state index contributed by atoms with van der Waals surface area (Å²) in [6.07, 6.45) is 9.28. The maximum Gasteiger partial charge on any atom is 0.122 e. The molecule has 0 aliphatic heterocycles. The molecule has 2 aromatic rings. The van der Waals surface area contributed by atoms with Gasteiger partial charge in [-0.25, -0.2) is 4.98 Å². The zero-order chi connectivity index (χ0) is 10.5. The van der Waals surface area contributed by atoms with Crippen molar-refractivity contribution < 1.29 is 5.11 Å². The molecule has 0 radical (unpaired) electrons. The van der Waals surface area contributed by atoms with E-state index < -0.39 is 0 Å². The summed E-state index contributed by atoms with van der Waals surface area (Å²) in [5, 5.41) is 9.50. The smallest absolute Gasteiger partial charge is 0.122 e. The number of para-hydroxylation sites is 1. The highest BCUT2D eigenvalue weighted by molar-refractivity contribution is 5.56. The van der Waals surface area contributed by atoms with Crippen LogP contribution >= 0.6 is 0 Å². The molecule has 0 saturated carbocycles. The van der Waals surface area contributed by atoms with Crippen LogP contribution in [0.15, 0.2) is 49.1 Å². The summed E-state index contributed by atoms with van der Waals surface area (Å²) in [7, 11) is 0. The highest BCUT2D eigenvalue weighted by atomic mass is 16.3. The van der Waals surface area contributed by atoms with Crippen LogP contribution in [0.5, 0.6) is 5.75 Å². The highest BCUT2D eigenvalue weighted by Gasteiger charge is 1.92. The Hall–Kier alpha value is -2.03. The topological polar surface area (TPSA) is 38.0 Å². The Kier molecular flexibility index (Phi) is 2.83. The van der Waals surface area contributed by atoms with Crippen LogP contribution in [0.25, 0.3) is 6.08 Å². The van der Waals surface area contributed by atoms with E-state index in [9.17, 15) is 5.11 Å². The predicted octanol–water partition coefficient (Wildman–Crippen LogP) is 2.30. The Morgan fingerprint density at radius 2 is 2.20 bits per heavy atom. The summed E-state index contributed by atoms with van der Waals surface area (Å²) in [5.41, 5.74) is 0.831. The number of nitrogens with zero attached hydrogens (tertiary/aromatic N) is 2. The molecule has 0 aliphatic rings. The number of aromatic nitrogens is 2. The van der Waals surface area contributed by atoms with E-state index in [4.69, 9.17) is 0 Å². The largest absolute Gasteiger partial charge is 0.507 e. The minimum Gasteiger partial charge on any atom is -0.507 e. The molecule has 1 aromatic carbocycles. The van der Waals surface area contributed by atoms with Gasteiger partial charge in [-0.3, -0.25) is 0 Å². The zero-order valence-electron chi connectivity index (χ0n) is 8.24. The van der Waals surface area contributed by atoms with Crippen molar-refractivity contribution in [2.24, 2.45) is 0 Å². The Balaban J connectivity index is 2.03. The van der Waals surface area contributed by atoms with Crippen molar-refractivity contribution in [3.8, 4) is 5.75 Å². The van der Waals surface area contributed by atoms with E-state index in [2.05, 4.69) is 4.98 Å². The fourth-order valence-corrected chi connectivity index (χ4v) is 1.32. The lowest BCUT2D eigenvalue weighted by molar-refractivity contribution is 0.474. The van der Waals surface area contributed by atoms with Gasteiger partial charge in [-0.05, 0) is 6.07 Å². The molecule has 76 valence electrons. The molecule has 0 amide bonds. The molecule has 1 aromatic heterocycles. The summed E-state index contributed by atoms with van der Waals surface area (Å²) in [5.74, 6) is 0.305. The monoisotopic (exact) mass is 200 g/mol. The average Bonchev–Trinajstić information content (AvgIpc) is 2.74. The van der Waals surface area contributed by atoms with Crippen molar-refractivity contribution >= 4 is 6.08 Å². The Morgan fingerprint density at radius 1 is 1.33 bits per heavy atom. The van der Waals surface area contributed by atoms with Crippen molar-refractivity contribution in [1.82, 2.24) is 9.55 Å². The Morgan fingerprint density at radius 3 is 2.93 bits per heavy atom. The molecule has 0 fully saturated rings. The lowest BCUT2D eigenvalue weighted by Gasteiger charge is -1.98. The van der Waals surface area contributed by atoms with E-state index >= 15 is 0 Å². The molecule has 0 atom stereocenters. The van der Waals surface area contributed by atoms with Gasteiger partial charge in [-0.15, -0.1) is 0 Å². The van der Waals surface area contributed by atoms with Crippen LogP contribution in [0.2, 0.25) is 0 Å². The number of phenolic OH excluding ortho intramolecular Hbond substituents is 1. The molecule has 3 nitrogen and oxygen atoms in total. The van der Waals surface area contributed by atoms with Crippen molar-refractivity contribution in [2.45, 2.75) is 6.54 Å². The number of imidazole rings is 1. The van der Waals surface area contributed by atoms with Gasteiger partial charge >= 0.3 is 0 Å². The molecule has 1 heterocycles. The van der Waals surface area contributed by atoms with Crippen LogP contribution in [0, 0.1) is 0 Å². The van der Waals surface area contributed by atoms with Gasteiger partial charge in [0, 0.05) is 24.5 Å². The zero-order valence-corrected chi connectivity index (χ0v) is 8.24. The summed E-state index contributed by atoms with van der Waals surface area (Å²) in [6.45, 7) is 0.758. The van der Waals surface area contributed by atoms with Crippen LogP contribution in [0.1, 0.15) is 5.56 Å². The van der Waals surface area contributed by atoms with Gasteiger partial charge in [0.25, 0.3) is 0 Å². The van der Waals surface area contributed by atoms with E-state index in [-0.39, 0.29) is 0 Å².